The summed E-state index contributed by atoms with van der Waals surface area (Å²) >= 11 is 0. The molecule has 0 aromatic heterocycles. The van der Waals surface area contributed by atoms with Crippen LogP contribution in [0.4, 0.5) is 0 Å². The predicted octanol–water partition coefficient (Wildman–Crippen LogP) is -6.55. The van der Waals surface area contributed by atoms with Gasteiger partial charge in [-0.2, -0.15) is 0 Å². The van der Waals surface area contributed by atoms with Crippen LogP contribution in [0.1, 0.15) is 127 Å². The standard InChI is InChI=1S/C71H116O36/c1-25-36(75)43(82)56(64(95-25)104-54-39(78)30(22-73)98-58(92)50(54)89)105-63-47(86)42(81)46(85)62(107-63)101-35-13-14-68(7)33(67(35,5)6)12-15-70(9)34(68)11-10-27-28-20-66(3,4)16-18-71(28,19-17-69(27,70)8)65(93)106-55-40(79)31(23-74)99-59(51(55)90)94-24-32-37(76)41(80)45(84)61(100-32)102-52-26(2)96-60(48(87)44(52)83)103-53-38(77)29(21-72)97-57(91)49(53)88/h10,25-26,28-64,72-92H,11-24H2,1-9H3. The summed E-state index contributed by atoms with van der Waals surface area (Å²) in [4.78, 5) is 15.6. The van der Waals surface area contributed by atoms with E-state index in [1.807, 2.05) is 0 Å². The maximum absolute atomic E-state index is 15.6. The van der Waals surface area contributed by atoms with Crippen LogP contribution in [0.25, 0.3) is 0 Å². The molecule has 12 aliphatic rings. The fourth-order valence-corrected chi connectivity index (χ4v) is 20.6. The molecule has 11 fully saturated rings. The number of allylic oxidation sites excluding steroid dienone is 2. The number of aliphatic hydroxyl groups excluding tert-OH is 21. The van der Waals surface area contributed by atoms with Gasteiger partial charge < -0.3 is 174 Å². The Bertz CT molecular complexity index is 3050. The lowest BCUT2D eigenvalue weighted by molar-refractivity contribution is -0.406. The summed E-state index contributed by atoms with van der Waals surface area (Å²) in [6.07, 6.45) is -54.0. The number of esters is 1. The SMILES string of the molecule is CC1OC(OC2C(O)C(O)OC(CO)C2O)C(OC2OC(OC3CCC4(C)C(CCC5(C)C4CC=C4C6CC(C)(C)CCC6(C(=O)OC6C(O)C(CO)OC(OCC7OC(OC8C(C)OC(OC9C(O)C(O)OC(CO)C9O)C(O)C8O)C(O)C(O)C7O)C6O)CCC45C)C3(C)C)C(O)C(O)C2O)C(O)C1O. The molecule has 107 heavy (non-hydrogen) atoms. The molecule has 12 rings (SSSR count). The first-order valence-corrected chi connectivity index (χ1v) is 37.6. The van der Waals surface area contributed by atoms with Crippen LogP contribution in [0, 0.1) is 50.2 Å². The third kappa shape index (κ3) is 14.8. The van der Waals surface area contributed by atoms with Gasteiger partial charge in [-0.1, -0.05) is 60.1 Å². The lowest BCUT2D eigenvalue weighted by atomic mass is 9.33. The minimum atomic E-state index is -2.01. The third-order valence-corrected chi connectivity index (χ3v) is 27.4. The summed E-state index contributed by atoms with van der Waals surface area (Å²) in [6, 6.07) is 0. The maximum Gasteiger partial charge on any atom is 0.313 e. The molecule has 7 aliphatic heterocycles. The largest absolute Gasteiger partial charge is 0.456 e. The van der Waals surface area contributed by atoms with Crippen molar-refractivity contribution in [2.24, 2.45) is 50.2 Å². The van der Waals surface area contributed by atoms with Gasteiger partial charge in [-0.3, -0.25) is 4.79 Å². The van der Waals surface area contributed by atoms with Crippen molar-refractivity contribution in [3.05, 3.63) is 11.6 Å². The van der Waals surface area contributed by atoms with E-state index in [1.54, 1.807) is 0 Å². The Balaban J connectivity index is 0.709. The van der Waals surface area contributed by atoms with Crippen molar-refractivity contribution in [2.45, 2.75) is 348 Å². The first kappa shape index (κ1) is 84.3. The average Bonchev–Trinajstić information content (AvgIpc) is 0.674. The van der Waals surface area contributed by atoms with E-state index in [1.165, 1.54) is 13.8 Å². The van der Waals surface area contributed by atoms with Gasteiger partial charge in [-0.05, 0) is 123 Å². The highest BCUT2D eigenvalue weighted by atomic mass is 16.8. The number of hydrogen-bond acceptors (Lipinski definition) is 36. The summed E-state index contributed by atoms with van der Waals surface area (Å²) in [6.45, 7) is 15.1. The summed E-state index contributed by atoms with van der Waals surface area (Å²) in [5, 5.41) is 230. The van der Waals surface area contributed by atoms with Gasteiger partial charge >= 0.3 is 5.97 Å². The summed E-state index contributed by atoms with van der Waals surface area (Å²) < 4.78 is 82.1. The van der Waals surface area contributed by atoms with Crippen molar-refractivity contribution in [3.63, 3.8) is 0 Å². The van der Waals surface area contributed by atoms with Crippen LogP contribution in [0.15, 0.2) is 11.6 Å². The van der Waals surface area contributed by atoms with Crippen LogP contribution in [-0.2, 0) is 71.1 Å². The second-order valence-electron chi connectivity index (χ2n) is 34.4. The van der Waals surface area contributed by atoms with Crippen molar-refractivity contribution in [1.29, 1.82) is 0 Å². The quantitative estimate of drug-likeness (QED) is 0.0345. The monoisotopic (exact) mass is 1540 g/mol. The molecule has 0 radical (unpaired) electrons. The fraction of sp³-hybridized carbons (Fsp3) is 0.958. The van der Waals surface area contributed by atoms with Crippen LogP contribution < -0.4 is 0 Å². The van der Waals surface area contributed by atoms with E-state index >= 15 is 4.79 Å². The van der Waals surface area contributed by atoms with Crippen LogP contribution >= 0.6 is 0 Å². The van der Waals surface area contributed by atoms with Gasteiger partial charge in [0.25, 0.3) is 0 Å². The third-order valence-electron chi connectivity index (χ3n) is 27.4. The fourth-order valence-electron chi connectivity index (χ4n) is 20.6. The number of carbonyl (C=O) groups is 1. The molecular formula is C71H116O36. The second kappa shape index (κ2) is 31.8. The normalized spacial score (nSPS) is 54.9. The number of ether oxygens (including phenoxy) is 14. The lowest BCUT2D eigenvalue weighted by Gasteiger charge is -2.71. The molecule has 0 aromatic carbocycles. The summed E-state index contributed by atoms with van der Waals surface area (Å²) in [5.41, 5.74) is -2.02. The minimum absolute atomic E-state index is 0.00242. The second-order valence-corrected chi connectivity index (χ2v) is 34.4. The van der Waals surface area contributed by atoms with E-state index in [0.717, 1.165) is 18.4 Å². The molecule has 4 saturated carbocycles. The smallest absolute Gasteiger partial charge is 0.313 e. The molecule has 0 bridgehead atoms. The predicted molar refractivity (Wildman–Crippen MR) is 353 cm³/mol. The average molecular weight is 1550 g/mol. The van der Waals surface area contributed by atoms with Crippen LogP contribution in [0.5, 0.6) is 0 Å². The topological polar surface area (TPSA) is 571 Å². The molecule has 43 atom stereocenters. The highest BCUT2D eigenvalue weighted by Crippen LogP contribution is 2.76. The van der Waals surface area contributed by atoms with Gasteiger partial charge in [0.05, 0.1) is 50.2 Å². The molecule has 36 nitrogen and oxygen atoms in total. The van der Waals surface area contributed by atoms with Gasteiger partial charge in [-0.25, -0.2) is 0 Å². The number of rotatable bonds is 18. The Hall–Kier alpha value is -2.15. The van der Waals surface area contributed by atoms with Gasteiger partial charge in [0.1, 0.15) is 146 Å². The number of aliphatic hydroxyl groups is 21. The zero-order chi connectivity index (χ0) is 78.2. The molecule has 43 unspecified atom stereocenters. The van der Waals surface area contributed by atoms with E-state index in [0.29, 0.717) is 51.4 Å². The highest BCUT2D eigenvalue weighted by molar-refractivity contribution is 5.79. The maximum atomic E-state index is 15.6. The van der Waals surface area contributed by atoms with E-state index in [4.69, 9.17) is 66.3 Å². The molecule has 0 aromatic rings. The highest BCUT2D eigenvalue weighted by Gasteiger charge is 2.71. The Kier molecular flexibility index (Phi) is 25.0. The van der Waals surface area contributed by atoms with Gasteiger partial charge in [0, 0.05) is 0 Å². The van der Waals surface area contributed by atoms with Crippen LogP contribution in [0.2, 0.25) is 0 Å². The summed E-state index contributed by atoms with van der Waals surface area (Å²) in [5.74, 6) is -0.930. The molecule has 7 heterocycles. The zero-order valence-electron chi connectivity index (χ0n) is 61.5. The van der Waals surface area contributed by atoms with Crippen molar-refractivity contribution >= 4 is 5.97 Å². The van der Waals surface area contributed by atoms with Crippen molar-refractivity contribution in [1.82, 2.24) is 0 Å². The van der Waals surface area contributed by atoms with Crippen LogP contribution in [-0.4, -0.2) is 361 Å². The number of fused-ring (bicyclic) bond motifs is 7. The first-order chi connectivity index (χ1) is 50.1. The van der Waals surface area contributed by atoms with Crippen molar-refractivity contribution in [3.8, 4) is 0 Å². The lowest BCUT2D eigenvalue weighted by Crippen LogP contribution is -2.67. The molecular weight excluding hydrogens is 1430 g/mol. The Labute approximate surface area is 618 Å². The van der Waals surface area contributed by atoms with E-state index in [-0.39, 0.29) is 34.0 Å². The van der Waals surface area contributed by atoms with E-state index < -0.39 is 270 Å². The van der Waals surface area contributed by atoms with Gasteiger partial charge in [0.15, 0.2) is 56.4 Å². The van der Waals surface area contributed by atoms with Gasteiger partial charge in [0.2, 0.25) is 0 Å². The first-order valence-electron chi connectivity index (χ1n) is 37.6. The molecule has 21 N–H and O–H groups in total. The van der Waals surface area contributed by atoms with E-state index in [9.17, 15) is 107 Å². The van der Waals surface area contributed by atoms with E-state index in [2.05, 4.69) is 54.5 Å². The summed E-state index contributed by atoms with van der Waals surface area (Å²) in [7, 11) is 0. The zero-order valence-corrected chi connectivity index (χ0v) is 61.5. The van der Waals surface area contributed by atoms with Crippen LogP contribution in [0.3, 0.4) is 0 Å². The number of hydrogen-bond donors (Lipinski definition) is 21. The minimum Gasteiger partial charge on any atom is -0.456 e. The Morgan fingerprint density at radius 2 is 0.907 bits per heavy atom. The Morgan fingerprint density at radius 3 is 1.51 bits per heavy atom. The van der Waals surface area contributed by atoms with Gasteiger partial charge in [-0.15, -0.1) is 0 Å². The molecule has 0 amide bonds. The molecule has 7 saturated heterocycles. The number of carbonyl (C=O) groups excluding carboxylic acids is 1. The Morgan fingerprint density at radius 1 is 0.421 bits per heavy atom. The molecule has 0 spiro atoms. The van der Waals surface area contributed by atoms with Crippen molar-refractivity contribution < 1.29 is 178 Å². The molecule has 616 valence electrons. The molecule has 36 heteroatoms. The van der Waals surface area contributed by atoms with Crippen molar-refractivity contribution in [2.75, 3.05) is 26.4 Å². The molecule has 5 aliphatic carbocycles.